The molecule has 1 aliphatic rings. The quantitative estimate of drug-likeness (QED) is 0.699. The van der Waals surface area contributed by atoms with Gasteiger partial charge in [-0.3, -0.25) is 0 Å². The molecule has 3 heterocycles. The van der Waals surface area contributed by atoms with E-state index in [4.69, 9.17) is 0 Å². The van der Waals surface area contributed by atoms with Gasteiger partial charge in [-0.05, 0) is 24.3 Å². The Balaban J connectivity index is 1.49. The second-order valence-electron chi connectivity index (χ2n) is 9.85. The van der Waals surface area contributed by atoms with Crippen molar-refractivity contribution >= 4 is 0 Å². The lowest BCUT2D eigenvalue weighted by Gasteiger charge is -2.23. The number of hydrogen-bond donors (Lipinski definition) is 2. The minimum atomic E-state index is 0.918. The standard InChI is InChI=1S/C21H36N6/c1-26(2,3)15-20-9-7-18(22-20)13-24-11-12-25(17-24)14-19-8-10-21(23-19)16-27(4,5)6/h7-12,22-23H,13-17H2,1-6H3/q+2. The molecule has 0 spiro atoms. The largest absolute Gasteiger partial charge is 0.356 e. The highest BCUT2D eigenvalue weighted by Gasteiger charge is 2.16. The van der Waals surface area contributed by atoms with Gasteiger partial charge < -0.3 is 28.7 Å². The molecular formula is C21H36N6+2. The third-order valence-corrected chi connectivity index (χ3v) is 4.50. The highest BCUT2D eigenvalue weighted by Crippen LogP contribution is 2.16. The van der Waals surface area contributed by atoms with Crippen molar-refractivity contribution in [1.29, 1.82) is 0 Å². The molecule has 3 rings (SSSR count). The molecule has 0 bridgehead atoms. The maximum absolute atomic E-state index is 3.57. The van der Waals surface area contributed by atoms with Gasteiger partial charge in [-0.25, -0.2) is 0 Å². The molecule has 0 aromatic carbocycles. The summed E-state index contributed by atoms with van der Waals surface area (Å²) < 4.78 is 1.87. The monoisotopic (exact) mass is 372 g/mol. The number of quaternary nitrogens is 2. The second kappa shape index (κ2) is 7.44. The minimum Gasteiger partial charge on any atom is -0.356 e. The molecule has 0 saturated heterocycles. The summed E-state index contributed by atoms with van der Waals surface area (Å²) in [5.74, 6) is 0. The van der Waals surface area contributed by atoms with E-state index >= 15 is 0 Å². The van der Waals surface area contributed by atoms with Crippen molar-refractivity contribution in [1.82, 2.24) is 19.8 Å². The van der Waals surface area contributed by atoms with E-state index in [1.54, 1.807) is 0 Å². The maximum atomic E-state index is 3.57. The van der Waals surface area contributed by atoms with Gasteiger partial charge in [0.25, 0.3) is 0 Å². The van der Waals surface area contributed by atoms with E-state index in [2.05, 4.69) is 98.7 Å². The van der Waals surface area contributed by atoms with Crippen molar-refractivity contribution in [3.8, 4) is 0 Å². The minimum absolute atomic E-state index is 0.918. The SMILES string of the molecule is C[N+](C)(C)Cc1ccc(CN2C=CN(Cc3ccc(C[N+](C)(C)C)[nH]3)C2)[nH]1. The van der Waals surface area contributed by atoms with Crippen LogP contribution in [-0.2, 0) is 26.2 Å². The molecule has 0 aliphatic carbocycles. The van der Waals surface area contributed by atoms with Gasteiger partial charge in [0.05, 0.1) is 73.4 Å². The van der Waals surface area contributed by atoms with Crippen LogP contribution >= 0.6 is 0 Å². The van der Waals surface area contributed by atoms with Gasteiger partial charge >= 0.3 is 0 Å². The van der Waals surface area contributed by atoms with Crippen LogP contribution in [0.15, 0.2) is 36.7 Å². The average Bonchev–Trinajstić information content (AvgIpc) is 3.20. The lowest BCUT2D eigenvalue weighted by molar-refractivity contribution is -0.884. The third kappa shape index (κ3) is 6.19. The van der Waals surface area contributed by atoms with Crippen LogP contribution < -0.4 is 0 Å². The summed E-state index contributed by atoms with van der Waals surface area (Å²) in [4.78, 5) is 11.8. The molecule has 0 radical (unpaired) electrons. The van der Waals surface area contributed by atoms with Crippen molar-refractivity contribution in [2.45, 2.75) is 26.2 Å². The molecule has 0 saturated carbocycles. The summed E-state index contributed by atoms with van der Waals surface area (Å²) in [6.07, 6.45) is 4.38. The van der Waals surface area contributed by atoms with Gasteiger partial charge in [0, 0.05) is 23.8 Å². The van der Waals surface area contributed by atoms with Crippen molar-refractivity contribution in [2.24, 2.45) is 0 Å². The van der Waals surface area contributed by atoms with Crippen LogP contribution in [0.2, 0.25) is 0 Å². The van der Waals surface area contributed by atoms with E-state index in [0.29, 0.717) is 0 Å². The number of rotatable bonds is 8. The Kier molecular flexibility index (Phi) is 5.40. The highest BCUT2D eigenvalue weighted by atomic mass is 15.3. The lowest BCUT2D eigenvalue weighted by atomic mass is 10.3. The zero-order valence-corrected chi connectivity index (χ0v) is 17.8. The topological polar surface area (TPSA) is 38.1 Å². The first-order valence-electron chi connectivity index (χ1n) is 9.67. The zero-order chi connectivity index (χ0) is 19.7. The van der Waals surface area contributed by atoms with Gasteiger partial charge in [0.2, 0.25) is 0 Å². The predicted molar refractivity (Wildman–Crippen MR) is 110 cm³/mol. The highest BCUT2D eigenvalue weighted by molar-refractivity contribution is 5.15. The van der Waals surface area contributed by atoms with Gasteiger partial charge in [-0.1, -0.05) is 0 Å². The number of aromatic amines is 2. The summed E-state index contributed by atoms with van der Waals surface area (Å²) in [6, 6.07) is 8.85. The van der Waals surface area contributed by atoms with Crippen LogP contribution in [0.1, 0.15) is 22.8 Å². The first kappa shape index (κ1) is 19.6. The van der Waals surface area contributed by atoms with Crippen LogP contribution in [-0.4, -0.2) is 77.7 Å². The molecule has 0 unspecified atom stereocenters. The molecule has 27 heavy (non-hydrogen) atoms. The fourth-order valence-corrected chi connectivity index (χ4v) is 3.53. The van der Waals surface area contributed by atoms with Gasteiger partial charge in [0.1, 0.15) is 13.1 Å². The molecule has 2 N–H and O–H groups in total. The van der Waals surface area contributed by atoms with E-state index in [-0.39, 0.29) is 0 Å². The van der Waals surface area contributed by atoms with E-state index in [1.165, 1.54) is 22.8 Å². The maximum Gasteiger partial charge on any atom is 0.119 e. The number of aromatic nitrogens is 2. The van der Waals surface area contributed by atoms with E-state index in [9.17, 15) is 0 Å². The summed E-state index contributed by atoms with van der Waals surface area (Å²) in [5.41, 5.74) is 5.15. The van der Waals surface area contributed by atoms with Gasteiger partial charge in [-0.2, -0.15) is 0 Å². The molecular weight excluding hydrogens is 336 g/mol. The lowest BCUT2D eigenvalue weighted by Crippen LogP contribution is -2.33. The molecule has 1 aliphatic heterocycles. The summed E-state index contributed by atoms with van der Waals surface area (Å²) >= 11 is 0. The Bertz CT molecular complexity index is 707. The van der Waals surface area contributed by atoms with Gasteiger partial charge in [0.15, 0.2) is 0 Å². The number of nitrogens with zero attached hydrogens (tertiary/aromatic N) is 4. The van der Waals surface area contributed by atoms with E-state index in [1.807, 2.05) is 0 Å². The Morgan fingerprint density at radius 1 is 0.667 bits per heavy atom. The second-order valence-corrected chi connectivity index (χ2v) is 9.85. The molecule has 2 aromatic heterocycles. The molecule has 6 nitrogen and oxygen atoms in total. The Labute approximate surface area is 163 Å². The third-order valence-electron chi connectivity index (χ3n) is 4.50. The smallest absolute Gasteiger partial charge is 0.119 e. The van der Waals surface area contributed by atoms with Crippen LogP contribution in [0.4, 0.5) is 0 Å². The van der Waals surface area contributed by atoms with Crippen molar-refractivity contribution < 1.29 is 8.97 Å². The summed E-state index contributed by atoms with van der Waals surface area (Å²) in [6.45, 7) is 4.80. The Hall–Kier alpha value is -2.18. The average molecular weight is 373 g/mol. The van der Waals surface area contributed by atoms with Crippen LogP contribution in [0.25, 0.3) is 0 Å². The van der Waals surface area contributed by atoms with E-state index < -0.39 is 0 Å². The molecule has 6 heteroatoms. The normalized spacial score (nSPS) is 15.2. The Morgan fingerprint density at radius 3 is 1.41 bits per heavy atom. The summed E-state index contributed by atoms with van der Waals surface area (Å²) in [7, 11) is 13.3. The number of nitrogens with one attached hydrogen (secondary N) is 2. The molecule has 0 fully saturated rings. The number of hydrogen-bond acceptors (Lipinski definition) is 2. The molecule has 148 valence electrons. The summed E-state index contributed by atoms with van der Waals surface area (Å²) in [5, 5.41) is 0. The van der Waals surface area contributed by atoms with Crippen molar-refractivity contribution in [3.63, 3.8) is 0 Å². The first-order chi connectivity index (χ1) is 12.6. The molecule has 0 amide bonds. The van der Waals surface area contributed by atoms with Crippen LogP contribution in [0.5, 0.6) is 0 Å². The van der Waals surface area contributed by atoms with E-state index in [0.717, 1.165) is 41.8 Å². The fourth-order valence-electron chi connectivity index (χ4n) is 3.53. The predicted octanol–water partition coefficient (Wildman–Crippen LogP) is 2.50. The molecule has 0 atom stereocenters. The van der Waals surface area contributed by atoms with Crippen molar-refractivity contribution in [3.05, 3.63) is 59.4 Å². The number of H-pyrrole nitrogens is 2. The van der Waals surface area contributed by atoms with Crippen LogP contribution in [0, 0.1) is 0 Å². The van der Waals surface area contributed by atoms with Crippen LogP contribution in [0.3, 0.4) is 0 Å². The molecule has 2 aromatic rings. The first-order valence-corrected chi connectivity index (χ1v) is 9.67. The zero-order valence-electron chi connectivity index (χ0n) is 17.8. The Morgan fingerprint density at radius 2 is 1.04 bits per heavy atom. The fraction of sp³-hybridized carbons (Fsp3) is 0.524. The van der Waals surface area contributed by atoms with Gasteiger partial charge in [-0.15, -0.1) is 0 Å². The van der Waals surface area contributed by atoms with Crippen molar-refractivity contribution in [2.75, 3.05) is 49.0 Å².